The summed E-state index contributed by atoms with van der Waals surface area (Å²) in [6.45, 7) is 0.452. The van der Waals surface area contributed by atoms with Crippen molar-refractivity contribution in [3.8, 4) is 0 Å². The number of ether oxygens (including phenoxy) is 1. The molecule has 0 amide bonds. The molecular formula is C11H17BrO2. The van der Waals surface area contributed by atoms with Crippen molar-refractivity contribution in [1.29, 1.82) is 0 Å². The van der Waals surface area contributed by atoms with Crippen LogP contribution < -0.4 is 0 Å². The van der Waals surface area contributed by atoms with Gasteiger partial charge in [-0.25, -0.2) is 4.79 Å². The van der Waals surface area contributed by atoms with Crippen LogP contribution in [0.2, 0.25) is 0 Å². The summed E-state index contributed by atoms with van der Waals surface area (Å²) in [5.41, 5.74) is 0. The van der Waals surface area contributed by atoms with E-state index in [0.29, 0.717) is 17.9 Å². The van der Waals surface area contributed by atoms with Crippen LogP contribution in [0.25, 0.3) is 0 Å². The average Bonchev–Trinajstić information content (AvgIpc) is 2.25. The lowest BCUT2D eigenvalue weighted by Crippen LogP contribution is -2.06. The van der Waals surface area contributed by atoms with Gasteiger partial charge in [-0.05, 0) is 18.8 Å². The lowest BCUT2D eigenvalue weighted by Gasteiger charge is -2.17. The minimum Gasteiger partial charge on any atom is -0.462 e. The number of esters is 1. The maximum Gasteiger partial charge on any atom is 0.330 e. The number of carbonyl (C=O) groups is 1. The summed E-state index contributed by atoms with van der Waals surface area (Å²) in [6.07, 6.45) is 9.98. The highest BCUT2D eigenvalue weighted by atomic mass is 79.9. The zero-order valence-corrected chi connectivity index (χ0v) is 9.96. The van der Waals surface area contributed by atoms with E-state index in [9.17, 15) is 4.79 Å². The zero-order chi connectivity index (χ0) is 10.2. The number of rotatable bonds is 4. The number of allylic oxidation sites excluding steroid dienone is 1. The number of halogens is 1. The third kappa shape index (κ3) is 4.80. The first-order valence-electron chi connectivity index (χ1n) is 5.24. The Balaban J connectivity index is 2.20. The van der Waals surface area contributed by atoms with Gasteiger partial charge in [0.15, 0.2) is 0 Å². The molecule has 1 aliphatic carbocycles. The van der Waals surface area contributed by atoms with E-state index >= 15 is 0 Å². The first kappa shape index (κ1) is 11.8. The Labute approximate surface area is 93.8 Å². The molecule has 80 valence electrons. The van der Waals surface area contributed by atoms with Crippen LogP contribution in [0.4, 0.5) is 0 Å². The van der Waals surface area contributed by atoms with Gasteiger partial charge in [-0.2, -0.15) is 0 Å². The molecule has 1 rings (SSSR count). The predicted octanol–water partition coefficient (Wildman–Crippen LogP) is 3.06. The van der Waals surface area contributed by atoms with E-state index in [1.165, 1.54) is 32.1 Å². The van der Waals surface area contributed by atoms with Gasteiger partial charge in [0.1, 0.15) is 6.61 Å². The van der Waals surface area contributed by atoms with Gasteiger partial charge in [0.05, 0.1) is 0 Å². The Bertz CT molecular complexity index is 195. The van der Waals surface area contributed by atoms with Gasteiger partial charge in [0.25, 0.3) is 0 Å². The summed E-state index contributed by atoms with van der Waals surface area (Å²) in [6, 6.07) is 0. The van der Waals surface area contributed by atoms with Crippen molar-refractivity contribution in [2.24, 2.45) is 5.92 Å². The minimum absolute atomic E-state index is 0.213. The van der Waals surface area contributed by atoms with Crippen LogP contribution >= 0.6 is 15.9 Å². The Kier molecular flexibility index (Phi) is 5.92. The van der Waals surface area contributed by atoms with Gasteiger partial charge in [-0.1, -0.05) is 41.3 Å². The van der Waals surface area contributed by atoms with Crippen molar-refractivity contribution >= 4 is 21.9 Å². The van der Waals surface area contributed by atoms with E-state index in [1.54, 1.807) is 6.08 Å². The molecule has 14 heavy (non-hydrogen) atoms. The lowest BCUT2D eigenvalue weighted by molar-refractivity contribution is -0.137. The topological polar surface area (TPSA) is 26.3 Å². The van der Waals surface area contributed by atoms with Gasteiger partial charge in [-0.3, -0.25) is 0 Å². The van der Waals surface area contributed by atoms with Crippen molar-refractivity contribution in [3.63, 3.8) is 0 Å². The molecule has 0 aliphatic heterocycles. The Morgan fingerprint density at radius 1 is 1.36 bits per heavy atom. The van der Waals surface area contributed by atoms with Gasteiger partial charge in [0.2, 0.25) is 0 Å². The first-order chi connectivity index (χ1) is 6.83. The average molecular weight is 261 g/mol. The number of carbonyl (C=O) groups excluding carboxylic acids is 1. The van der Waals surface area contributed by atoms with Crippen molar-refractivity contribution < 1.29 is 9.53 Å². The van der Waals surface area contributed by atoms with Gasteiger partial charge in [0, 0.05) is 11.4 Å². The number of hydrogen-bond acceptors (Lipinski definition) is 2. The van der Waals surface area contributed by atoms with Crippen molar-refractivity contribution in [2.75, 3.05) is 11.9 Å². The highest BCUT2D eigenvalue weighted by molar-refractivity contribution is 9.09. The maximum atomic E-state index is 11.1. The summed E-state index contributed by atoms with van der Waals surface area (Å²) in [5, 5.41) is 0.704. The molecule has 0 unspecified atom stereocenters. The molecule has 3 heteroatoms. The molecule has 0 aromatic rings. The maximum absolute atomic E-state index is 11.1. The van der Waals surface area contributed by atoms with Crippen molar-refractivity contribution in [2.45, 2.75) is 32.1 Å². The first-order valence-corrected chi connectivity index (χ1v) is 6.36. The van der Waals surface area contributed by atoms with E-state index in [4.69, 9.17) is 4.74 Å². The van der Waals surface area contributed by atoms with Crippen LogP contribution in [0.1, 0.15) is 32.1 Å². The monoisotopic (exact) mass is 260 g/mol. The minimum atomic E-state index is -0.213. The molecule has 0 N–H and O–H groups in total. The second kappa shape index (κ2) is 7.04. The highest BCUT2D eigenvalue weighted by Gasteiger charge is 2.10. The number of hydrogen-bond donors (Lipinski definition) is 0. The van der Waals surface area contributed by atoms with Crippen LogP contribution in [0.3, 0.4) is 0 Å². The molecule has 1 saturated carbocycles. The quantitative estimate of drug-likeness (QED) is 0.441. The number of alkyl halides is 1. The third-order valence-corrected chi connectivity index (χ3v) is 2.80. The highest BCUT2D eigenvalue weighted by Crippen LogP contribution is 2.24. The molecule has 0 aromatic heterocycles. The molecular weight excluding hydrogens is 244 g/mol. The lowest BCUT2D eigenvalue weighted by atomic mass is 9.89. The summed E-state index contributed by atoms with van der Waals surface area (Å²) in [5.74, 6) is 0.385. The van der Waals surface area contributed by atoms with Gasteiger partial charge < -0.3 is 4.74 Å². The third-order valence-electron chi connectivity index (χ3n) is 2.48. The molecule has 1 aliphatic rings. The molecule has 0 saturated heterocycles. The molecule has 0 bridgehead atoms. The molecule has 2 nitrogen and oxygen atoms in total. The van der Waals surface area contributed by atoms with Crippen LogP contribution in [-0.2, 0) is 9.53 Å². The smallest absolute Gasteiger partial charge is 0.330 e. The van der Waals surface area contributed by atoms with Gasteiger partial charge in [-0.15, -0.1) is 0 Å². The van der Waals surface area contributed by atoms with Crippen molar-refractivity contribution in [1.82, 2.24) is 0 Å². The summed E-state index contributed by atoms with van der Waals surface area (Å²) in [7, 11) is 0. The van der Waals surface area contributed by atoms with Crippen LogP contribution in [-0.4, -0.2) is 17.9 Å². The fraction of sp³-hybridized carbons (Fsp3) is 0.727. The largest absolute Gasteiger partial charge is 0.462 e. The second-order valence-electron chi connectivity index (χ2n) is 3.61. The van der Waals surface area contributed by atoms with Crippen molar-refractivity contribution in [3.05, 3.63) is 12.2 Å². The fourth-order valence-corrected chi connectivity index (χ4v) is 1.89. The fourth-order valence-electron chi connectivity index (χ4n) is 1.73. The Morgan fingerprint density at radius 2 is 2.07 bits per heavy atom. The normalized spacial score (nSPS) is 18.6. The van der Waals surface area contributed by atoms with Gasteiger partial charge >= 0.3 is 5.97 Å². The predicted molar refractivity (Wildman–Crippen MR) is 60.5 cm³/mol. The molecule has 0 aromatic carbocycles. The summed E-state index contributed by atoms with van der Waals surface area (Å²) < 4.78 is 4.91. The summed E-state index contributed by atoms with van der Waals surface area (Å²) >= 11 is 3.20. The van der Waals surface area contributed by atoms with Crippen LogP contribution in [0, 0.1) is 5.92 Å². The van der Waals surface area contributed by atoms with E-state index in [2.05, 4.69) is 15.9 Å². The molecule has 0 radical (unpaired) electrons. The van der Waals surface area contributed by atoms with Crippen LogP contribution in [0.5, 0.6) is 0 Å². The SMILES string of the molecule is O=C(/C=C\C1CCCCC1)OCCBr. The molecule has 0 heterocycles. The second-order valence-corrected chi connectivity index (χ2v) is 4.41. The summed E-state index contributed by atoms with van der Waals surface area (Å²) in [4.78, 5) is 11.1. The molecule has 0 atom stereocenters. The van der Waals surface area contributed by atoms with E-state index in [1.807, 2.05) is 6.08 Å². The van der Waals surface area contributed by atoms with E-state index < -0.39 is 0 Å². The standard InChI is InChI=1S/C11H17BrO2/c12-8-9-14-11(13)7-6-10-4-2-1-3-5-10/h6-7,10H,1-5,8-9H2/b7-6-. The van der Waals surface area contributed by atoms with E-state index in [0.717, 1.165) is 0 Å². The van der Waals surface area contributed by atoms with Crippen LogP contribution in [0.15, 0.2) is 12.2 Å². The Morgan fingerprint density at radius 3 is 2.71 bits per heavy atom. The Hall–Kier alpha value is -0.310. The van der Waals surface area contributed by atoms with E-state index in [-0.39, 0.29) is 5.97 Å². The zero-order valence-electron chi connectivity index (χ0n) is 8.38. The molecule has 1 fully saturated rings. The molecule has 0 spiro atoms.